The first-order valence-electron chi connectivity index (χ1n) is 15.6. The van der Waals surface area contributed by atoms with Crippen LogP contribution in [-0.2, 0) is 15.8 Å². The molecule has 3 aromatic rings. The zero-order valence-corrected chi connectivity index (χ0v) is 29.2. The van der Waals surface area contributed by atoms with Crippen LogP contribution in [-0.4, -0.2) is 60.5 Å². The summed E-state index contributed by atoms with van der Waals surface area (Å²) in [7, 11) is -2.03. The number of ether oxygens (including phenoxy) is 2. The molecule has 1 aliphatic heterocycles. The van der Waals surface area contributed by atoms with Gasteiger partial charge in [0.05, 0.1) is 29.7 Å². The lowest BCUT2D eigenvalue weighted by atomic mass is 9.89. The van der Waals surface area contributed by atoms with E-state index < -0.39 is 8.32 Å². The number of aromatic nitrogens is 3. The van der Waals surface area contributed by atoms with Gasteiger partial charge in [-0.2, -0.15) is 0 Å². The molecule has 2 N–H and O–H groups in total. The van der Waals surface area contributed by atoms with Crippen LogP contribution < -0.4 is 10.1 Å². The number of aliphatic hydroxyl groups is 1. The van der Waals surface area contributed by atoms with Crippen molar-refractivity contribution >= 4 is 14.1 Å². The lowest BCUT2D eigenvalue weighted by molar-refractivity contribution is 0.0903. The molecule has 1 atom stereocenters. The van der Waals surface area contributed by atoms with Crippen molar-refractivity contribution < 1.29 is 23.5 Å². The van der Waals surface area contributed by atoms with E-state index >= 15 is 0 Å². The molecule has 241 valence electrons. The van der Waals surface area contributed by atoms with Gasteiger partial charge >= 0.3 is 0 Å². The smallest absolute Gasteiger partial charge is 0.192 e. The Morgan fingerprint density at radius 1 is 1.09 bits per heavy atom. The lowest BCUT2D eigenvalue weighted by Crippen LogP contribution is -2.46. The van der Waals surface area contributed by atoms with Crippen LogP contribution in [0.2, 0.25) is 18.1 Å². The Morgan fingerprint density at radius 3 is 2.39 bits per heavy atom. The first kappa shape index (κ1) is 34.1. The Morgan fingerprint density at radius 2 is 1.80 bits per heavy atom. The minimum Gasteiger partial charge on any atom is -0.491 e. The molecule has 0 aliphatic carbocycles. The average molecular weight is 624 g/mol. The fourth-order valence-corrected chi connectivity index (χ4v) is 6.32. The maximum Gasteiger partial charge on any atom is 0.192 e. The molecule has 0 bridgehead atoms. The third kappa shape index (κ3) is 8.47. The van der Waals surface area contributed by atoms with Crippen molar-refractivity contribution in [1.82, 2.24) is 15.1 Å². The Hall–Kier alpha value is -2.79. The van der Waals surface area contributed by atoms with E-state index in [-0.39, 0.29) is 29.2 Å². The van der Waals surface area contributed by atoms with Gasteiger partial charge in [0, 0.05) is 30.4 Å². The largest absolute Gasteiger partial charge is 0.491 e. The molecule has 2 aromatic heterocycles. The minimum absolute atomic E-state index is 0.0248. The summed E-state index contributed by atoms with van der Waals surface area (Å²) in [6.45, 7) is 23.1. The molecule has 1 saturated heterocycles. The van der Waals surface area contributed by atoms with Gasteiger partial charge in [0.15, 0.2) is 14.1 Å². The number of nitrogens with one attached hydrogen (secondary N) is 1. The van der Waals surface area contributed by atoms with Gasteiger partial charge in [0.25, 0.3) is 0 Å². The molecule has 10 heteroatoms. The van der Waals surface area contributed by atoms with Crippen LogP contribution in [0.1, 0.15) is 71.4 Å². The van der Waals surface area contributed by atoms with E-state index in [4.69, 9.17) is 28.4 Å². The molecular formula is C34H51N4O5Si. The zero-order chi connectivity index (χ0) is 32.3. The Labute approximate surface area is 264 Å². The number of nitrogens with zero attached hydrogens (tertiary/aromatic N) is 3. The summed E-state index contributed by atoms with van der Waals surface area (Å²) >= 11 is 0. The fraction of sp³-hybridized carbons (Fsp3) is 0.588. The molecule has 4 rings (SSSR count). The zero-order valence-electron chi connectivity index (χ0n) is 28.2. The van der Waals surface area contributed by atoms with Crippen molar-refractivity contribution in [2.45, 2.75) is 105 Å². The maximum atomic E-state index is 10.5. The highest BCUT2D eigenvalue weighted by Crippen LogP contribution is 2.39. The molecule has 0 saturated carbocycles. The van der Waals surface area contributed by atoms with Gasteiger partial charge in [0.2, 0.25) is 0 Å². The van der Waals surface area contributed by atoms with Crippen LogP contribution in [0, 0.1) is 25.7 Å². The van der Waals surface area contributed by atoms with E-state index in [1.165, 1.54) is 0 Å². The summed E-state index contributed by atoms with van der Waals surface area (Å²) in [6.07, 6.45) is 3.81. The highest BCUT2D eigenvalue weighted by atomic mass is 28.4. The van der Waals surface area contributed by atoms with Crippen molar-refractivity contribution in [3.8, 4) is 28.4 Å². The topological polar surface area (TPSA) is 112 Å². The van der Waals surface area contributed by atoms with Crippen molar-refractivity contribution in [3.05, 3.63) is 47.7 Å². The van der Waals surface area contributed by atoms with Crippen LogP contribution in [0.4, 0.5) is 5.82 Å². The van der Waals surface area contributed by atoms with E-state index in [2.05, 4.69) is 71.5 Å². The first-order chi connectivity index (χ1) is 20.6. The van der Waals surface area contributed by atoms with Gasteiger partial charge in [-0.25, -0.2) is 9.97 Å². The standard InChI is InChI=1S/C34H51N4O5Si/c1-22-29(23(2)42-38-22)30-28(20-39)32(35-25-14-16-40-17-15-25)37-31(36-30)24-12-11-13-26(18-24)41-21-27(19-33(3,4)5)43-44(9,10)34(6,7)8/h11-13,18-19,25,27,39H,14-17,20-21H2,1-10H3,(H,35,36,37). The second kappa shape index (κ2) is 13.7. The number of rotatable bonds is 11. The van der Waals surface area contributed by atoms with Crippen molar-refractivity contribution in [3.63, 3.8) is 0 Å². The van der Waals surface area contributed by atoms with E-state index in [0.717, 1.165) is 24.0 Å². The molecular weight excluding hydrogens is 572 g/mol. The minimum atomic E-state index is -2.03. The van der Waals surface area contributed by atoms with Gasteiger partial charge < -0.3 is 28.8 Å². The molecule has 1 aliphatic rings. The van der Waals surface area contributed by atoms with E-state index in [1.807, 2.05) is 38.1 Å². The average Bonchev–Trinajstić information content (AvgIpc) is 3.27. The lowest BCUT2D eigenvalue weighted by Gasteiger charge is -2.40. The van der Waals surface area contributed by atoms with Gasteiger partial charge in [-0.3, -0.25) is 0 Å². The van der Waals surface area contributed by atoms with Crippen molar-refractivity contribution in [1.29, 1.82) is 0 Å². The molecule has 1 aromatic carbocycles. The third-order valence-corrected chi connectivity index (χ3v) is 12.9. The van der Waals surface area contributed by atoms with Gasteiger partial charge in [0.1, 0.15) is 23.9 Å². The van der Waals surface area contributed by atoms with E-state index in [0.29, 0.717) is 59.9 Å². The molecule has 0 spiro atoms. The quantitative estimate of drug-likeness (QED) is 0.209. The van der Waals surface area contributed by atoms with E-state index in [1.54, 1.807) is 0 Å². The monoisotopic (exact) mass is 623 g/mol. The van der Waals surface area contributed by atoms with Crippen molar-refractivity contribution in [2.24, 2.45) is 5.41 Å². The summed E-state index contributed by atoms with van der Waals surface area (Å²) in [5.74, 6) is 2.47. The van der Waals surface area contributed by atoms with Crippen LogP contribution >= 0.6 is 0 Å². The molecule has 9 nitrogen and oxygen atoms in total. The van der Waals surface area contributed by atoms with Crippen LogP contribution in [0.3, 0.4) is 0 Å². The second-order valence-electron chi connectivity index (χ2n) is 14.4. The van der Waals surface area contributed by atoms with Crippen LogP contribution in [0.15, 0.2) is 28.8 Å². The molecule has 1 fully saturated rings. The maximum absolute atomic E-state index is 10.5. The summed E-state index contributed by atoms with van der Waals surface area (Å²) < 4.78 is 24.2. The normalized spacial score (nSPS) is 15.8. The molecule has 44 heavy (non-hydrogen) atoms. The fourth-order valence-electron chi connectivity index (χ4n) is 5.08. The third-order valence-electron chi connectivity index (χ3n) is 8.44. The second-order valence-corrected chi connectivity index (χ2v) is 19.2. The molecule has 1 radical (unpaired) electrons. The van der Waals surface area contributed by atoms with E-state index in [9.17, 15) is 5.11 Å². The number of hydrogen-bond acceptors (Lipinski definition) is 9. The van der Waals surface area contributed by atoms with Gasteiger partial charge in [-0.1, -0.05) is 58.8 Å². The summed E-state index contributed by atoms with van der Waals surface area (Å²) in [5, 5.41) is 18.3. The molecule has 0 amide bonds. The number of aryl methyl sites for hydroxylation is 2. The first-order valence-corrected chi connectivity index (χ1v) is 18.5. The number of anilines is 1. The predicted molar refractivity (Wildman–Crippen MR) is 177 cm³/mol. The highest BCUT2D eigenvalue weighted by molar-refractivity contribution is 6.74. The highest BCUT2D eigenvalue weighted by Gasteiger charge is 2.40. The van der Waals surface area contributed by atoms with Crippen LogP contribution in [0.5, 0.6) is 5.75 Å². The van der Waals surface area contributed by atoms with Crippen molar-refractivity contribution in [2.75, 3.05) is 25.1 Å². The van der Waals surface area contributed by atoms with Gasteiger partial charge in [-0.05, 0) is 68.8 Å². The Balaban J connectivity index is 1.68. The SMILES string of the molecule is Cc1noc(C)c1-c1nc(-c2cccc(OCC([CH]C(C)(C)C)O[Si](C)(C)C(C)(C)C)c2)nc(NC2CCOCC2)c1CO. The number of aliphatic hydroxyl groups excluding tert-OH is 1. The summed E-state index contributed by atoms with van der Waals surface area (Å²) in [6, 6.07) is 8.01. The molecule has 3 heterocycles. The van der Waals surface area contributed by atoms with Crippen LogP contribution in [0.25, 0.3) is 22.6 Å². The molecule has 1 unspecified atom stereocenters. The number of hydrogen-bond donors (Lipinski definition) is 2. The number of benzene rings is 1. The Bertz CT molecular complexity index is 1380. The summed E-state index contributed by atoms with van der Waals surface area (Å²) in [5.41, 5.74) is 3.48. The predicted octanol–water partition coefficient (Wildman–Crippen LogP) is 7.52. The summed E-state index contributed by atoms with van der Waals surface area (Å²) in [4.78, 5) is 9.92. The van der Waals surface area contributed by atoms with Gasteiger partial charge in [-0.15, -0.1) is 0 Å². The Kier molecular flexibility index (Phi) is 10.6.